The van der Waals surface area contributed by atoms with E-state index in [4.69, 9.17) is 10.00 Å². The number of ether oxygens (including phenoxy) is 1. The summed E-state index contributed by atoms with van der Waals surface area (Å²) in [7, 11) is 1.40. The lowest BCUT2D eigenvalue weighted by Crippen LogP contribution is -2.04. The van der Waals surface area contributed by atoms with Gasteiger partial charge in [0.2, 0.25) is 5.88 Å². The van der Waals surface area contributed by atoms with Crippen LogP contribution in [0.25, 0.3) is 0 Å². The van der Waals surface area contributed by atoms with Crippen molar-refractivity contribution in [3.05, 3.63) is 22.9 Å². The van der Waals surface area contributed by atoms with Crippen LogP contribution in [0, 0.1) is 11.3 Å². The van der Waals surface area contributed by atoms with Crippen molar-refractivity contribution in [2.24, 2.45) is 0 Å². The van der Waals surface area contributed by atoms with Crippen molar-refractivity contribution >= 4 is 15.9 Å². The third-order valence-electron chi connectivity index (χ3n) is 2.02. The minimum Gasteiger partial charge on any atom is -0.481 e. The van der Waals surface area contributed by atoms with E-state index in [9.17, 15) is 8.78 Å². The third-order valence-corrected chi connectivity index (χ3v) is 2.62. The standard InChI is InChI=1S/C10H9BrF2N2O/c1-16-8-4-6(5-11)9(10(12)13)7(15-8)2-3-14/h4,10H,2,5H2,1H3. The zero-order valence-corrected chi connectivity index (χ0v) is 10.1. The first-order valence-corrected chi connectivity index (χ1v) is 5.54. The van der Waals surface area contributed by atoms with Crippen molar-refractivity contribution in [3.8, 4) is 11.9 Å². The van der Waals surface area contributed by atoms with E-state index in [1.54, 1.807) is 0 Å². The first-order chi connectivity index (χ1) is 7.63. The number of methoxy groups -OCH3 is 1. The summed E-state index contributed by atoms with van der Waals surface area (Å²) in [6, 6.07) is 3.26. The molecule has 0 radical (unpaired) electrons. The van der Waals surface area contributed by atoms with Gasteiger partial charge >= 0.3 is 0 Å². The average molecular weight is 291 g/mol. The fourth-order valence-electron chi connectivity index (χ4n) is 1.33. The predicted molar refractivity (Wildman–Crippen MR) is 57.7 cm³/mol. The van der Waals surface area contributed by atoms with Crippen LogP contribution in [0.15, 0.2) is 6.07 Å². The Morgan fingerprint density at radius 2 is 2.31 bits per heavy atom. The van der Waals surface area contributed by atoms with E-state index >= 15 is 0 Å². The van der Waals surface area contributed by atoms with E-state index in [0.29, 0.717) is 5.56 Å². The number of nitriles is 1. The monoisotopic (exact) mass is 290 g/mol. The molecule has 16 heavy (non-hydrogen) atoms. The summed E-state index contributed by atoms with van der Waals surface area (Å²) < 4.78 is 30.5. The molecule has 3 nitrogen and oxygen atoms in total. The molecule has 1 aromatic rings. The number of pyridine rings is 1. The summed E-state index contributed by atoms with van der Waals surface area (Å²) in [5, 5.41) is 8.83. The zero-order valence-electron chi connectivity index (χ0n) is 8.51. The van der Waals surface area contributed by atoms with Gasteiger partial charge in [0.25, 0.3) is 6.43 Å². The van der Waals surface area contributed by atoms with Crippen molar-refractivity contribution in [2.45, 2.75) is 18.2 Å². The van der Waals surface area contributed by atoms with Crippen LogP contribution < -0.4 is 4.74 Å². The molecule has 0 saturated heterocycles. The van der Waals surface area contributed by atoms with Gasteiger partial charge in [0, 0.05) is 17.0 Å². The van der Waals surface area contributed by atoms with Crippen LogP contribution in [0.3, 0.4) is 0 Å². The zero-order chi connectivity index (χ0) is 12.1. The summed E-state index contributed by atoms with van der Waals surface area (Å²) in [5.41, 5.74) is 0.289. The minimum absolute atomic E-state index is 0.0753. The highest BCUT2D eigenvalue weighted by Gasteiger charge is 2.20. The first-order valence-electron chi connectivity index (χ1n) is 4.41. The molecule has 0 atom stereocenters. The molecule has 1 aromatic heterocycles. The number of alkyl halides is 3. The molecule has 6 heteroatoms. The van der Waals surface area contributed by atoms with Gasteiger partial charge in [-0.3, -0.25) is 0 Å². The van der Waals surface area contributed by atoms with Crippen LogP contribution in [-0.2, 0) is 11.8 Å². The summed E-state index contributed by atoms with van der Waals surface area (Å²) in [6.07, 6.45) is -2.80. The molecule has 1 heterocycles. The highest BCUT2D eigenvalue weighted by Crippen LogP contribution is 2.30. The number of nitrogens with zero attached hydrogens (tertiary/aromatic N) is 2. The van der Waals surface area contributed by atoms with E-state index in [0.717, 1.165) is 0 Å². The quantitative estimate of drug-likeness (QED) is 0.801. The van der Waals surface area contributed by atoms with E-state index in [-0.39, 0.29) is 28.9 Å². The molecule has 86 valence electrons. The van der Waals surface area contributed by atoms with Crippen LogP contribution >= 0.6 is 15.9 Å². The molecule has 0 aliphatic carbocycles. The van der Waals surface area contributed by atoms with Gasteiger partial charge in [0.15, 0.2) is 0 Å². The molecule has 0 amide bonds. The summed E-state index contributed by atoms with van der Waals surface area (Å²) in [4.78, 5) is 3.87. The van der Waals surface area contributed by atoms with Crippen molar-refractivity contribution in [1.82, 2.24) is 4.98 Å². The second kappa shape index (κ2) is 5.75. The van der Waals surface area contributed by atoms with Gasteiger partial charge in [-0.05, 0) is 5.56 Å². The average Bonchev–Trinajstić information content (AvgIpc) is 2.27. The number of hydrogen-bond acceptors (Lipinski definition) is 3. The van der Waals surface area contributed by atoms with Crippen LogP contribution in [0.4, 0.5) is 8.78 Å². The molecule has 0 unspecified atom stereocenters. The Labute approximate surface area is 100 Å². The lowest BCUT2D eigenvalue weighted by atomic mass is 10.1. The molecular weight excluding hydrogens is 282 g/mol. The van der Waals surface area contributed by atoms with Crippen molar-refractivity contribution < 1.29 is 13.5 Å². The van der Waals surface area contributed by atoms with E-state index < -0.39 is 6.43 Å². The fraction of sp³-hybridized carbons (Fsp3) is 0.400. The molecule has 0 aliphatic rings. The second-order valence-corrected chi connectivity index (χ2v) is 3.51. The first kappa shape index (κ1) is 12.8. The van der Waals surface area contributed by atoms with E-state index in [1.807, 2.05) is 6.07 Å². The maximum atomic E-state index is 12.8. The Kier molecular flexibility index (Phi) is 4.62. The second-order valence-electron chi connectivity index (χ2n) is 2.95. The highest BCUT2D eigenvalue weighted by molar-refractivity contribution is 9.08. The number of aromatic nitrogens is 1. The third kappa shape index (κ3) is 2.67. The SMILES string of the molecule is COc1cc(CBr)c(C(F)F)c(CC#N)n1. The topological polar surface area (TPSA) is 45.9 Å². The largest absolute Gasteiger partial charge is 0.481 e. The van der Waals surface area contributed by atoms with Crippen LogP contribution in [0.1, 0.15) is 23.2 Å². The van der Waals surface area contributed by atoms with Crippen molar-refractivity contribution in [1.29, 1.82) is 5.26 Å². The Bertz CT molecular complexity index is 418. The van der Waals surface area contributed by atoms with Crippen molar-refractivity contribution in [2.75, 3.05) is 7.11 Å². The Hall–Kier alpha value is -1.22. The van der Waals surface area contributed by atoms with Gasteiger partial charge in [-0.2, -0.15) is 5.26 Å². The number of halogens is 3. The molecule has 0 bridgehead atoms. The molecule has 0 saturated carbocycles. The molecule has 0 fully saturated rings. The highest BCUT2D eigenvalue weighted by atomic mass is 79.9. The summed E-state index contributed by atoms with van der Waals surface area (Å²) >= 11 is 3.13. The van der Waals surface area contributed by atoms with E-state index in [2.05, 4.69) is 20.9 Å². The fourth-order valence-corrected chi connectivity index (χ4v) is 1.79. The molecule has 0 N–H and O–H groups in total. The van der Waals surface area contributed by atoms with Gasteiger partial charge in [-0.15, -0.1) is 0 Å². The van der Waals surface area contributed by atoms with Gasteiger partial charge in [0.05, 0.1) is 25.3 Å². The minimum atomic E-state index is -2.64. The van der Waals surface area contributed by atoms with Crippen molar-refractivity contribution in [3.63, 3.8) is 0 Å². The van der Waals surface area contributed by atoms with E-state index in [1.165, 1.54) is 13.2 Å². The molecule has 1 rings (SSSR count). The maximum Gasteiger partial charge on any atom is 0.265 e. The molecule has 0 aromatic carbocycles. The Morgan fingerprint density at radius 1 is 1.62 bits per heavy atom. The van der Waals surface area contributed by atoms with Gasteiger partial charge < -0.3 is 4.74 Å². The molecular formula is C10H9BrF2N2O. The number of hydrogen-bond donors (Lipinski definition) is 0. The maximum absolute atomic E-state index is 12.8. The van der Waals surface area contributed by atoms with Gasteiger partial charge in [0.1, 0.15) is 0 Å². The molecule has 0 spiro atoms. The summed E-state index contributed by atoms with van der Waals surface area (Å²) in [5.74, 6) is 0.240. The Morgan fingerprint density at radius 3 is 2.75 bits per heavy atom. The molecule has 0 aliphatic heterocycles. The number of rotatable bonds is 4. The summed E-state index contributed by atoms with van der Waals surface area (Å²) in [6.45, 7) is 0. The predicted octanol–water partition coefficient (Wildman–Crippen LogP) is 2.99. The normalized spacial score (nSPS) is 10.2. The Balaban J connectivity index is 3.36. The smallest absolute Gasteiger partial charge is 0.265 e. The lowest BCUT2D eigenvalue weighted by Gasteiger charge is -2.12. The van der Waals surface area contributed by atoms with Crippen LogP contribution in [0.5, 0.6) is 5.88 Å². The van der Waals surface area contributed by atoms with Crippen LogP contribution in [0.2, 0.25) is 0 Å². The van der Waals surface area contributed by atoms with Crippen LogP contribution in [-0.4, -0.2) is 12.1 Å². The van der Waals surface area contributed by atoms with Gasteiger partial charge in [-0.1, -0.05) is 15.9 Å². The van der Waals surface area contributed by atoms with Gasteiger partial charge in [-0.25, -0.2) is 13.8 Å². The lowest BCUT2D eigenvalue weighted by molar-refractivity contribution is 0.149.